The van der Waals surface area contributed by atoms with E-state index in [2.05, 4.69) is 23.2 Å². The molecule has 4 aliphatic rings. The number of cyclic esters (lactones) is 1. The normalized spacial score (nSPS) is 26.3. The van der Waals surface area contributed by atoms with Gasteiger partial charge in [-0.25, -0.2) is 0 Å². The molecule has 9 nitrogen and oxygen atoms in total. The Kier molecular flexibility index (Phi) is 8.87. The highest BCUT2D eigenvalue weighted by Gasteiger charge is 2.74. The number of morpholine rings is 1. The lowest BCUT2D eigenvalue weighted by molar-refractivity contribution is -0.178. The van der Waals surface area contributed by atoms with Gasteiger partial charge >= 0.3 is 5.97 Å². The molecule has 9 heteroatoms. The average Bonchev–Trinajstić information content (AvgIpc) is 3.66. The second-order valence-electron chi connectivity index (χ2n) is 13.7. The highest BCUT2D eigenvalue weighted by Crippen LogP contribution is 2.65. The fourth-order valence-electron chi connectivity index (χ4n) is 8.77. The lowest BCUT2D eigenvalue weighted by Crippen LogP contribution is -2.53. The zero-order valence-corrected chi connectivity index (χ0v) is 28.5. The van der Waals surface area contributed by atoms with Crippen molar-refractivity contribution in [3.8, 4) is 17.6 Å². The van der Waals surface area contributed by atoms with Crippen molar-refractivity contribution in [2.24, 2.45) is 11.7 Å². The summed E-state index contributed by atoms with van der Waals surface area (Å²) < 4.78 is 12.5. The molecule has 8 rings (SSSR count). The minimum atomic E-state index is -1.70. The standard InChI is InChI=1S/C43H39N3O6/c44-40(48)35-37-41(49)52-38(30-16-8-3-9-17-30)36(29-14-6-2-7-15-29)46(37)39(31-18-10-11-19-34(31)51-25-24-47)43(35)32-26-28(22-23-33(32)45-42(43)50)21-20-27-12-4-1-5-13-27/h2-3,6-12,14-19,22-23,26,35-39,47H,1,4-5,13,24-25H2,(H2,44,48)(H,45,50). The van der Waals surface area contributed by atoms with Crippen LogP contribution in [0.3, 0.4) is 0 Å². The van der Waals surface area contributed by atoms with Crippen LogP contribution >= 0.6 is 0 Å². The molecule has 262 valence electrons. The molecule has 0 saturated carbocycles. The predicted molar refractivity (Wildman–Crippen MR) is 195 cm³/mol. The smallest absolute Gasteiger partial charge is 0.324 e. The van der Waals surface area contributed by atoms with Crippen LogP contribution < -0.4 is 15.8 Å². The molecule has 2 saturated heterocycles. The lowest BCUT2D eigenvalue weighted by Gasteiger charge is -2.46. The molecular weight excluding hydrogens is 654 g/mol. The van der Waals surface area contributed by atoms with E-state index in [0.29, 0.717) is 28.1 Å². The first-order chi connectivity index (χ1) is 25.4. The van der Waals surface area contributed by atoms with Gasteiger partial charge in [0.05, 0.1) is 24.6 Å². The van der Waals surface area contributed by atoms with Gasteiger partial charge < -0.3 is 25.6 Å². The molecule has 1 spiro atoms. The molecule has 1 aliphatic carbocycles. The number of carbonyl (C=O) groups excluding carboxylic acids is 3. The molecule has 4 N–H and O–H groups in total. The highest BCUT2D eigenvalue weighted by molar-refractivity contribution is 6.12. The van der Waals surface area contributed by atoms with E-state index < -0.39 is 53.3 Å². The summed E-state index contributed by atoms with van der Waals surface area (Å²) in [7, 11) is 0. The number of para-hydroxylation sites is 1. The van der Waals surface area contributed by atoms with Crippen LogP contribution in [0, 0.1) is 17.8 Å². The van der Waals surface area contributed by atoms with Crippen molar-refractivity contribution in [3.63, 3.8) is 0 Å². The van der Waals surface area contributed by atoms with E-state index in [4.69, 9.17) is 15.2 Å². The summed E-state index contributed by atoms with van der Waals surface area (Å²) in [6.45, 7) is -0.244. The van der Waals surface area contributed by atoms with Gasteiger partial charge in [0, 0.05) is 16.8 Å². The van der Waals surface area contributed by atoms with Crippen molar-refractivity contribution in [2.75, 3.05) is 18.5 Å². The second kappa shape index (κ2) is 13.8. The Morgan fingerprint density at radius 1 is 0.923 bits per heavy atom. The molecular formula is C43H39N3O6. The Morgan fingerprint density at radius 2 is 1.65 bits per heavy atom. The van der Waals surface area contributed by atoms with Crippen molar-refractivity contribution in [1.29, 1.82) is 0 Å². The van der Waals surface area contributed by atoms with Crippen LogP contribution in [-0.2, 0) is 24.5 Å². The largest absolute Gasteiger partial charge is 0.491 e. The van der Waals surface area contributed by atoms with Crippen LogP contribution in [0.15, 0.2) is 115 Å². The summed E-state index contributed by atoms with van der Waals surface area (Å²) >= 11 is 0. The van der Waals surface area contributed by atoms with E-state index >= 15 is 4.79 Å². The minimum absolute atomic E-state index is 0.00538. The fraction of sp³-hybridized carbons (Fsp3) is 0.279. The quantitative estimate of drug-likeness (QED) is 0.168. The zero-order chi connectivity index (χ0) is 35.8. The minimum Gasteiger partial charge on any atom is -0.491 e. The number of carbonyl (C=O) groups is 3. The van der Waals surface area contributed by atoms with Gasteiger partial charge in [-0.15, -0.1) is 0 Å². The first kappa shape index (κ1) is 33.5. The highest BCUT2D eigenvalue weighted by atomic mass is 16.6. The monoisotopic (exact) mass is 693 g/mol. The number of primary amides is 1. The van der Waals surface area contributed by atoms with Gasteiger partial charge in [0.1, 0.15) is 29.9 Å². The topological polar surface area (TPSA) is 131 Å². The van der Waals surface area contributed by atoms with E-state index in [9.17, 15) is 14.7 Å². The maximum absolute atomic E-state index is 15.0. The Morgan fingerprint density at radius 3 is 2.37 bits per heavy atom. The van der Waals surface area contributed by atoms with Gasteiger partial charge in [-0.1, -0.05) is 96.8 Å². The molecule has 6 unspecified atom stereocenters. The maximum Gasteiger partial charge on any atom is 0.324 e. The molecule has 2 amide bonds. The first-order valence-corrected chi connectivity index (χ1v) is 17.8. The zero-order valence-electron chi connectivity index (χ0n) is 28.5. The molecule has 52 heavy (non-hydrogen) atoms. The molecule has 4 aromatic rings. The Hall–Kier alpha value is -5.69. The summed E-state index contributed by atoms with van der Waals surface area (Å²) in [5.41, 5.74) is 9.61. The van der Waals surface area contributed by atoms with Crippen molar-refractivity contribution < 1.29 is 29.0 Å². The van der Waals surface area contributed by atoms with Gasteiger partial charge in [0.2, 0.25) is 11.8 Å². The maximum atomic E-state index is 15.0. The number of ether oxygens (including phenoxy) is 2. The molecule has 6 atom stereocenters. The number of aliphatic hydroxyl groups is 1. The Balaban J connectivity index is 1.41. The SMILES string of the molecule is NC(=O)C1C2C(=O)OC(c3ccccc3)C(c3ccccc3)N2C(c2ccccc2OCCO)C12C(=O)Nc1ccc(C#CC3=CCCCC3)cc12. The fourth-order valence-corrected chi connectivity index (χ4v) is 8.77. The number of allylic oxidation sites excluding steroid dienone is 2. The second-order valence-corrected chi connectivity index (χ2v) is 13.7. The van der Waals surface area contributed by atoms with Gasteiger partial charge in [0.25, 0.3) is 0 Å². The number of nitrogens with two attached hydrogens (primary N) is 1. The molecule has 0 aromatic heterocycles. The van der Waals surface area contributed by atoms with Gasteiger partial charge in [-0.05, 0) is 72.2 Å². The number of amides is 2. The van der Waals surface area contributed by atoms with Crippen molar-refractivity contribution in [2.45, 2.75) is 55.3 Å². The number of aliphatic hydroxyl groups excluding tert-OH is 1. The van der Waals surface area contributed by atoms with Crippen molar-refractivity contribution in [3.05, 3.63) is 143 Å². The van der Waals surface area contributed by atoms with Crippen LogP contribution in [-0.4, -0.2) is 47.0 Å². The number of hydrogen-bond acceptors (Lipinski definition) is 7. The van der Waals surface area contributed by atoms with Gasteiger partial charge in [0.15, 0.2) is 0 Å². The van der Waals surface area contributed by atoms with Gasteiger partial charge in [-0.2, -0.15) is 0 Å². The third kappa shape index (κ3) is 5.47. The third-order valence-electron chi connectivity index (χ3n) is 10.8. The number of nitrogens with zero attached hydrogens (tertiary/aromatic N) is 1. The number of anilines is 1. The summed E-state index contributed by atoms with van der Waals surface area (Å²) in [4.78, 5) is 45.6. The summed E-state index contributed by atoms with van der Waals surface area (Å²) in [5, 5.41) is 12.9. The van der Waals surface area contributed by atoms with E-state index in [-0.39, 0.29) is 13.2 Å². The predicted octanol–water partition coefficient (Wildman–Crippen LogP) is 5.67. The molecule has 3 heterocycles. The van der Waals surface area contributed by atoms with Gasteiger partial charge in [-0.3, -0.25) is 19.3 Å². The number of rotatable bonds is 7. The summed E-state index contributed by atoms with van der Waals surface area (Å²) in [6, 6.07) is 29.1. The molecule has 0 radical (unpaired) electrons. The van der Waals surface area contributed by atoms with Crippen LogP contribution in [0.25, 0.3) is 0 Å². The number of nitrogens with one attached hydrogen (secondary N) is 1. The van der Waals surface area contributed by atoms with E-state index in [0.717, 1.165) is 42.4 Å². The van der Waals surface area contributed by atoms with Crippen LogP contribution in [0.4, 0.5) is 5.69 Å². The summed E-state index contributed by atoms with van der Waals surface area (Å²) in [6.07, 6.45) is 5.53. The van der Waals surface area contributed by atoms with E-state index in [1.807, 2.05) is 102 Å². The van der Waals surface area contributed by atoms with Crippen LogP contribution in [0.2, 0.25) is 0 Å². The number of fused-ring (bicyclic) bond motifs is 3. The third-order valence-corrected chi connectivity index (χ3v) is 10.8. The summed E-state index contributed by atoms with van der Waals surface area (Å²) in [5.74, 6) is 3.78. The van der Waals surface area contributed by atoms with Crippen LogP contribution in [0.5, 0.6) is 5.75 Å². The molecule has 3 aliphatic heterocycles. The molecule has 4 aromatic carbocycles. The lowest BCUT2D eigenvalue weighted by atomic mass is 9.65. The number of hydrogen-bond donors (Lipinski definition) is 3. The number of benzene rings is 4. The van der Waals surface area contributed by atoms with Crippen LogP contribution in [0.1, 0.15) is 71.7 Å². The van der Waals surface area contributed by atoms with E-state index in [1.165, 1.54) is 0 Å². The van der Waals surface area contributed by atoms with Crippen molar-refractivity contribution in [1.82, 2.24) is 4.90 Å². The average molecular weight is 694 g/mol. The Bertz CT molecular complexity index is 2120. The van der Waals surface area contributed by atoms with E-state index in [1.54, 1.807) is 6.07 Å². The van der Waals surface area contributed by atoms with Crippen molar-refractivity contribution >= 4 is 23.5 Å². The Labute approximate surface area is 302 Å². The number of esters is 1. The molecule has 0 bridgehead atoms. The molecule has 2 fully saturated rings. The first-order valence-electron chi connectivity index (χ1n) is 17.8.